The van der Waals surface area contributed by atoms with E-state index in [2.05, 4.69) is 5.10 Å². The van der Waals surface area contributed by atoms with Crippen molar-refractivity contribution in [2.24, 2.45) is 5.41 Å². The van der Waals surface area contributed by atoms with Crippen LogP contribution in [-0.2, 0) is 14.6 Å². The zero-order chi connectivity index (χ0) is 18.9. The minimum Gasteiger partial charge on any atom is -0.461 e. The molecule has 0 atom stereocenters. The molecular weight excluding hydrogens is 352 g/mol. The summed E-state index contributed by atoms with van der Waals surface area (Å²) in [5.41, 5.74) is 2.70. The molecule has 1 aliphatic rings. The van der Waals surface area contributed by atoms with Crippen molar-refractivity contribution in [2.45, 2.75) is 33.1 Å². The quantitative estimate of drug-likeness (QED) is 0.725. The number of hydrogen-bond acceptors (Lipinski definition) is 5. The van der Waals surface area contributed by atoms with Crippen LogP contribution >= 0.6 is 0 Å². The second-order valence-corrected chi connectivity index (χ2v) is 9.53. The van der Waals surface area contributed by atoms with Crippen LogP contribution < -0.4 is 0 Å². The monoisotopic (exact) mass is 376 g/mol. The van der Waals surface area contributed by atoms with Crippen LogP contribution in [0.2, 0.25) is 0 Å². The van der Waals surface area contributed by atoms with Gasteiger partial charge in [-0.2, -0.15) is 5.10 Å². The van der Waals surface area contributed by atoms with E-state index in [4.69, 9.17) is 4.74 Å². The third-order valence-electron chi connectivity index (χ3n) is 5.00. The fraction of sp³-hybridized carbons (Fsp3) is 0.474. The summed E-state index contributed by atoms with van der Waals surface area (Å²) in [5.74, 6) is -0.393. The van der Waals surface area contributed by atoms with Crippen LogP contribution in [0, 0.1) is 19.3 Å². The molecule has 0 radical (unpaired) electrons. The highest BCUT2D eigenvalue weighted by Gasteiger charge is 2.41. The number of aryl methyl sites for hydroxylation is 1. The molecule has 140 valence electrons. The Bertz CT molecular complexity index is 910. The van der Waals surface area contributed by atoms with Gasteiger partial charge in [-0.05, 0) is 38.8 Å². The smallest absolute Gasteiger partial charge is 0.341 e. The van der Waals surface area contributed by atoms with E-state index in [0.717, 1.165) is 30.5 Å². The van der Waals surface area contributed by atoms with Crippen LogP contribution in [0.3, 0.4) is 0 Å². The van der Waals surface area contributed by atoms with Crippen molar-refractivity contribution in [1.29, 1.82) is 0 Å². The van der Waals surface area contributed by atoms with E-state index in [0.29, 0.717) is 11.3 Å². The molecule has 1 fully saturated rings. The van der Waals surface area contributed by atoms with Gasteiger partial charge in [0, 0.05) is 11.7 Å². The van der Waals surface area contributed by atoms with Gasteiger partial charge >= 0.3 is 5.97 Å². The second-order valence-electron chi connectivity index (χ2n) is 7.39. The van der Waals surface area contributed by atoms with E-state index in [1.165, 1.54) is 12.5 Å². The highest BCUT2D eigenvalue weighted by Crippen LogP contribution is 2.42. The first-order valence-electron chi connectivity index (χ1n) is 8.66. The van der Waals surface area contributed by atoms with Crippen LogP contribution in [0.15, 0.2) is 30.5 Å². The van der Waals surface area contributed by atoms with Crippen molar-refractivity contribution in [3.05, 3.63) is 47.3 Å². The predicted molar refractivity (Wildman–Crippen MR) is 99.3 cm³/mol. The lowest BCUT2D eigenvalue weighted by molar-refractivity contribution is 0.0114. The van der Waals surface area contributed by atoms with Crippen LogP contribution in [0.25, 0.3) is 5.69 Å². The fourth-order valence-corrected chi connectivity index (χ4v) is 4.90. The van der Waals surface area contributed by atoms with Crippen LogP contribution in [0.5, 0.6) is 0 Å². The minimum atomic E-state index is -3.11. The Morgan fingerprint density at radius 1 is 1.23 bits per heavy atom. The number of aromatic nitrogens is 2. The molecule has 1 heterocycles. The molecule has 1 aromatic heterocycles. The molecule has 0 saturated heterocycles. The number of carbonyl (C=O) groups excluding carboxylic acids is 1. The third-order valence-corrected chi connectivity index (χ3v) is 6.14. The molecule has 0 unspecified atom stereocenters. The summed E-state index contributed by atoms with van der Waals surface area (Å²) >= 11 is 0. The van der Waals surface area contributed by atoms with Gasteiger partial charge in [-0.1, -0.05) is 24.1 Å². The van der Waals surface area contributed by atoms with Crippen molar-refractivity contribution >= 4 is 15.8 Å². The Morgan fingerprint density at radius 2 is 1.88 bits per heavy atom. The van der Waals surface area contributed by atoms with Crippen molar-refractivity contribution in [3.63, 3.8) is 0 Å². The molecule has 3 rings (SSSR count). The number of nitrogens with zero attached hydrogens (tertiary/aromatic N) is 2. The number of sulfone groups is 1. The maximum Gasteiger partial charge on any atom is 0.341 e. The fourth-order valence-electron chi connectivity index (χ4n) is 3.42. The van der Waals surface area contributed by atoms with Crippen molar-refractivity contribution < 1.29 is 17.9 Å². The average molecular weight is 376 g/mol. The molecule has 0 bridgehead atoms. The first-order chi connectivity index (χ1) is 12.2. The lowest BCUT2D eigenvalue weighted by Crippen LogP contribution is -2.41. The van der Waals surface area contributed by atoms with Gasteiger partial charge in [0.15, 0.2) is 0 Å². The number of rotatable bonds is 6. The Kier molecular flexibility index (Phi) is 4.92. The van der Waals surface area contributed by atoms with Crippen LogP contribution in [0.4, 0.5) is 0 Å². The summed E-state index contributed by atoms with van der Waals surface area (Å²) in [6.45, 7) is 3.96. The zero-order valence-corrected chi connectivity index (χ0v) is 16.2. The van der Waals surface area contributed by atoms with Gasteiger partial charge in [0.2, 0.25) is 0 Å². The molecule has 1 aromatic carbocycles. The second kappa shape index (κ2) is 6.87. The highest BCUT2D eigenvalue weighted by atomic mass is 32.2. The van der Waals surface area contributed by atoms with Crippen molar-refractivity contribution in [2.75, 3.05) is 18.6 Å². The van der Waals surface area contributed by atoms with Crippen molar-refractivity contribution in [1.82, 2.24) is 9.78 Å². The number of hydrogen-bond donors (Lipinski definition) is 0. The van der Waals surface area contributed by atoms with E-state index < -0.39 is 21.2 Å². The lowest BCUT2D eigenvalue weighted by atomic mass is 9.71. The highest BCUT2D eigenvalue weighted by molar-refractivity contribution is 7.90. The molecule has 0 aliphatic heterocycles. The number of carbonyl (C=O) groups is 1. The van der Waals surface area contributed by atoms with E-state index in [1.807, 2.05) is 38.1 Å². The molecule has 0 amide bonds. The molecular formula is C19H24N2O4S. The number of ether oxygens (including phenoxy) is 1. The molecule has 1 saturated carbocycles. The molecule has 2 aromatic rings. The maximum absolute atomic E-state index is 12.5. The normalized spacial score (nSPS) is 16.1. The molecule has 6 nitrogen and oxygen atoms in total. The van der Waals surface area contributed by atoms with Gasteiger partial charge in [-0.15, -0.1) is 0 Å². The van der Waals surface area contributed by atoms with Gasteiger partial charge in [0.25, 0.3) is 0 Å². The van der Waals surface area contributed by atoms with Gasteiger partial charge in [-0.3, -0.25) is 0 Å². The first-order valence-corrected chi connectivity index (χ1v) is 10.7. The predicted octanol–water partition coefficient (Wildman–Crippen LogP) is 2.86. The summed E-state index contributed by atoms with van der Waals surface area (Å²) < 4.78 is 30.5. The zero-order valence-electron chi connectivity index (χ0n) is 15.4. The Hall–Kier alpha value is -2.15. The topological polar surface area (TPSA) is 78.3 Å². The lowest BCUT2D eigenvalue weighted by Gasteiger charge is -2.40. The summed E-state index contributed by atoms with van der Waals surface area (Å²) in [5, 5.41) is 4.29. The van der Waals surface area contributed by atoms with Gasteiger partial charge in [0.1, 0.15) is 15.4 Å². The summed E-state index contributed by atoms with van der Waals surface area (Å²) in [6, 6.07) is 7.86. The van der Waals surface area contributed by atoms with Crippen molar-refractivity contribution in [3.8, 4) is 5.69 Å². The number of benzene rings is 1. The maximum atomic E-state index is 12.5. The molecule has 7 heteroatoms. The Labute approximate surface area is 154 Å². The molecule has 26 heavy (non-hydrogen) atoms. The van der Waals surface area contributed by atoms with E-state index in [9.17, 15) is 13.2 Å². The first kappa shape index (κ1) is 18.6. The Balaban J connectivity index is 1.72. The standard InChI is InChI=1S/C19H24N2O4S/c1-14-5-7-16(8-6-14)21-15(2)17(11-20-21)18(22)25-12-19(9-4-10-19)13-26(3,23)24/h5-8,11H,4,9-10,12-13H2,1-3H3. The average Bonchev–Trinajstić information content (AvgIpc) is 2.91. The van der Waals surface area contributed by atoms with E-state index in [-0.39, 0.29) is 12.4 Å². The Morgan fingerprint density at radius 3 is 2.42 bits per heavy atom. The largest absolute Gasteiger partial charge is 0.461 e. The van der Waals surface area contributed by atoms with Gasteiger partial charge in [0.05, 0.1) is 29.9 Å². The third kappa shape index (κ3) is 3.98. The summed E-state index contributed by atoms with van der Waals surface area (Å²) in [7, 11) is -3.11. The van der Waals surface area contributed by atoms with Gasteiger partial charge in [-0.25, -0.2) is 17.9 Å². The molecule has 0 spiro atoms. The molecule has 1 aliphatic carbocycles. The van der Waals surface area contributed by atoms with Gasteiger partial charge < -0.3 is 4.74 Å². The SMILES string of the molecule is Cc1ccc(-n2ncc(C(=O)OCC3(CS(C)(=O)=O)CCC3)c2C)cc1. The van der Waals surface area contributed by atoms with Crippen LogP contribution in [-0.4, -0.2) is 42.8 Å². The van der Waals surface area contributed by atoms with Crippen LogP contribution in [0.1, 0.15) is 40.9 Å². The minimum absolute atomic E-state index is 0.0644. The van der Waals surface area contributed by atoms with E-state index in [1.54, 1.807) is 4.68 Å². The summed E-state index contributed by atoms with van der Waals surface area (Å²) in [4.78, 5) is 12.5. The van der Waals surface area contributed by atoms with E-state index >= 15 is 0 Å². The summed E-state index contributed by atoms with van der Waals surface area (Å²) in [6.07, 6.45) is 5.24. The molecule has 0 N–H and O–H groups in total. The number of esters is 1.